The lowest BCUT2D eigenvalue weighted by molar-refractivity contribution is -0.131. The van der Waals surface area contributed by atoms with Crippen LogP contribution in [0, 0.1) is 5.92 Å². The van der Waals surface area contributed by atoms with E-state index in [1.165, 1.54) is 6.26 Å². The molecule has 1 atom stereocenters. The maximum absolute atomic E-state index is 12.1. The summed E-state index contributed by atoms with van der Waals surface area (Å²) in [6.45, 7) is 4.58. The summed E-state index contributed by atoms with van der Waals surface area (Å²) in [4.78, 5) is 36.7. The van der Waals surface area contributed by atoms with Crippen LogP contribution in [0.5, 0.6) is 0 Å². The third-order valence-electron chi connectivity index (χ3n) is 3.10. The second-order valence-corrected chi connectivity index (χ2v) is 5.41. The molecule has 1 aromatic rings. The molecule has 1 aromatic heterocycles. The zero-order valence-electron chi connectivity index (χ0n) is 12.1. The molecule has 2 rings (SSSR count). The van der Waals surface area contributed by atoms with Gasteiger partial charge in [0.2, 0.25) is 5.91 Å². The molecule has 0 unspecified atom stereocenters. The minimum atomic E-state index is -0.806. The van der Waals surface area contributed by atoms with Gasteiger partial charge >= 0.3 is 6.03 Å². The van der Waals surface area contributed by atoms with E-state index in [2.05, 4.69) is 10.6 Å². The molecule has 0 saturated carbocycles. The fraction of sp³-hybridized carbons (Fsp3) is 0.500. The number of nitrogens with zero attached hydrogens (tertiary/aromatic N) is 1. The number of urea groups is 1. The average molecular weight is 293 g/mol. The van der Waals surface area contributed by atoms with Gasteiger partial charge in [0.15, 0.2) is 0 Å². The number of nitrogens with one attached hydrogen (secondary N) is 2. The summed E-state index contributed by atoms with van der Waals surface area (Å²) in [6, 6.07) is 2.06. The van der Waals surface area contributed by atoms with Crippen molar-refractivity contribution in [3.8, 4) is 0 Å². The van der Waals surface area contributed by atoms with Crippen LogP contribution >= 0.6 is 0 Å². The summed E-state index contributed by atoms with van der Waals surface area (Å²) in [5.74, 6) is 0.194. The van der Waals surface area contributed by atoms with Crippen LogP contribution in [0.25, 0.3) is 0 Å². The largest absolute Gasteiger partial charge is 0.467 e. The van der Waals surface area contributed by atoms with Gasteiger partial charge in [-0.15, -0.1) is 0 Å². The summed E-state index contributed by atoms with van der Waals surface area (Å²) in [7, 11) is 0. The van der Waals surface area contributed by atoms with Gasteiger partial charge in [-0.3, -0.25) is 14.5 Å². The summed E-state index contributed by atoms with van der Waals surface area (Å²) in [5, 5.41) is 5.24. The van der Waals surface area contributed by atoms with E-state index in [-0.39, 0.29) is 18.9 Å². The number of rotatable bonds is 6. The van der Waals surface area contributed by atoms with Crippen molar-refractivity contribution in [2.45, 2.75) is 32.9 Å². The number of hydrogen-bond donors (Lipinski definition) is 2. The lowest BCUT2D eigenvalue weighted by Gasteiger charge is -2.12. The number of carbonyl (C=O) groups is 3. The number of imide groups is 1. The van der Waals surface area contributed by atoms with E-state index >= 15 is 0 Å². The second-order valence-electron chi connectivity index (χ2n) is 5.41. The van der Waals surface area contributed by atoms with Crippen molar-refractivity contribution < 1.29 is 18.8 Å². The third-order valence-corrected chi connectivity index (χ3v) is 3.10. The maximum atomic E-state index is 12.1. The first-order valence-corrected chi connectivity index (χ1v) is 6.88. The van der Waals surface area contributed by atoms with Crippen molar-refractivity contribution >= 4 is 17.8 Å². The Balaban J connectivity index is 1.90. The molecule has 0 radical (unpaired) electrons. The predicted molar refractivity (Wildman–Crippen MR) is 74.0 cm³/mol. The quantitative estimate of drug-likeness (QED) is 0.761. The second kappa shape index (κ2) is 6.43. The van der Waals surface area contributed by atoms with Crippen molar-refractivity contribution in [1.82, 2.24) is 15.5 Å². The maximum Gasteiger partial charge on any atom is 0.325 e. The molecule has 1 fully saturated rings. The molecule has 4 amide bonds. The van der Waals surface area contributed by atoms with Gasteiger partial charge in [-0.1, -0.05) is 13.8 Å². The molecule has 1 aliphatic rings. The predicted octanol–water partition coefficient (Wildman–Crippen LogP) is 0.862. The van der Waals surface area contributed by atoms with E-state index in [1.54, 1.807) is 12.1 Å². The summed E-state index contributed by atoms with van der Waals surface area (Å²) in [5.41, 5.74) is 0. The molecule has 1 aliphatic heterocycles. The molecule has 2 heterocycles. The molecule has 0 spiro atoms. The average Bonchev–Trinajstić information content (AvgIpc) is 3.01. The van der Waals surface area contributed by atoms with Gasteiger partial charge in [0.1, 0.15) is 11.8 Å². The Bertz CT molecular complexity index is 524. The van der Waals surface area contributed by atoms with Gasteiger partial charge in [-0.2, -0.15) is 0 Å². The first-order chi connectivity index (χ1) is 9.97. The van der Waals surface area contributed by atoms with Crippen molar-refractivity contribution in [2.75, 3.05) is 6.54 Å². The first kappa shape index (κ1) is 15.1. The van der Waals surface area contributed by atoms with Crippen molar-refractivity contribution in [3.63, 3.8) is 0 Å². The minimum Gasteiger partial charge on any atom is -0.467 e. The Hall–Kier alpha value is -2.31. The fourth-order valence-electron chi connectivity index (χ4n) is 2.00. The highest BCUT2D eigenvalue weighted by atomic mass is 16.3. The van der Waals surface area contributed by atoms with Crippen molar-refractivity contribution in [2.24, 2.45) is 5.92 Å². The zero-order valence-corrected chi connectivity index (χ0v) is 12.1. The van der Waals surface area contributed by atoms with Crippen LogP contribution < -0.4 is 10.6 Å². The lowest BCUT2D eigenvalue weighted by atomic mass is 10.1. The van der Waals surface area contributed by atoms with E-state index in [9.17, 15) is 14.4 Å². The molecule has 7 heteroatoms. The number of amides is 4. The highest BCUT2D eigenvalue weighted by Gasteiger charge is 2.39. The minimum absolute atomic E-state index is 0.0497. The van der Waals surface area contributed by atoms with Gasteiger partial charge in [-0.25, -0.2) is 4.79 Å². The Morgan fingerprint density at radius 3 is 2.86 bits per heavy atom. The Morgan fingerprint density at radius 2 is 2.24 bits per heavy atom. The van der Waals surface area contributed by atoms with Crippen LogP contribution in [0.15, 0.2) is 22.8 Å². The smallest absolute Gasteiger partial charge is 0.325 e. The summed E-state index contributed by atoms with van der Waals surface area (Å²) < 4.78 is 5.12. The summed E-state index contributed by atoms with van der Waals surface area (Å²) >= 11 is 0. The third kappa shape index (κ3) is 3.84. The van der Waals surface area contributed by atoms with E-state index in [0.717, 1.165) is 4.90 Å². The normalized spacial score (nSPS) is 18.2. The molecule has 114 valence electrons. The molecular weight excluding hydrogens is 274 g/mol. The van der Waals surface area contributed by atoms with Crippen LogP contribution in [0.2, 0.25) is 0 Å². The Labute approximate surface area is 122 Å². The molecule has 2 N–H and O–H groups in total. The highest BCUT2D eigenvalue weighted by molar-refractivity contribution is 6.05. The van der Waals surface area contributed by atoms with Crippen molar-refractivity contribution in [3.05, 3.63) is 24.2 Å². The highest BCUT2D eigenvalue weighted by Crippen LogP contribution is 2.14. The van der Waals surface area contributed by atoms with Crippen LogP contribution in [-0.2, 0) is 16.1 Å². The van der Waals surface area contributed by atoms with E-state index in [0.29, 0.717) is 18.2 Å². The molecular formula is C14H19N3O4. The van der Waals surface area contributed by atoms with E-state index in [1.807, 2.05) is 13.8 Å². The zero-order chi connectivity index (χ0) is 15.4. The molecule has 21 heavy (non-hydrogen) atoms. The lowest BCUT2D eigenvalue weighted by Crippen LogP contribution is -2.37. The van der Waals surface area contributed by atoms with E-state index in [4.69, 9.17) is 4.42 Å². The summed E-state index contributed by atoms with van der Waals surface area (Å²) in [6.07, 6.45) is 1.43. The monoisotopic (exact) mass is 293 g/mol. The number of carbonyl (C=O) groups excluding carboxylic acids is 3. The van der Waals surface area contributed by atoms with Crippen LogP contribution in [-0.4, -0.2) is 35.3 Å². The SMILES string of the molecule is CC(C)CNC(=O)C[C@@H]1NC(=O)N(Cc2ccco2)C1=O. The van der Waals surface area contributed by atoms with Gasteiger partial charge in [0.05, 0.1) is 19.2 Å². The van der Waals surface area contributed by atoms with Crippen molar-refractivity contribution in [1.29, 1.82) is 0 Å². The fourth-order valence-corrected chi connectivity index (χ4v) is 2.00. The Morgan fingerprint density at radius 1 is 1.48 bits per heavy atom. The van der Waals surface area contributed by atoms with Gasteiger partial charge in [-0.05, 0) is 18.1 Å². The first-order valence-electron chi connectivity index (χ1n) is 6.88. The molecule has 1 saturated heterocycles. The number of furan rings is 1. The van der Waals surface area contributed by atoms with E-state index < -0.39 is 18.0 Å². The molecule has 0 bridgehead atoms. The van der Waals surface area contributed by atoms with Crippen LogP contribution in [0.3, 0.4) is 0 Å². The molecule has 0 aromatic carbocycles. The topological polar surface area (TPSA) is 91.7 Å². The van der Waals surface area contributed by atoms with Gasteiger partial charge in [0, 0.05) is 6.54 Å². The van der Waals surface area contributed by atoms with Gasteiger partial charge in [0.25, 0.3) is 5.91 Å². The molecule has 7 nitrogen and oxygen atoms in total. The Kier molecular flexibility index (Phi) is 4.62. The molecule has 0 aliphatic carbocycles. The van der Waals surface area contributed by atoms with Crippen LogP contribution in [0.1, 0.15) is 26.0 Å². The van der Waals surface area contributed by atoms with Crippen LogP contribution in [0.4, 0.5) is 4.79 Å². The number of hydrogen-bond acceptors (Lipinski definition) is 4. The standard InChI is InChI=1S/C14H19N3O4/c1-9(2)7-15-12(18)6-11-13(19)17(14(20)16-11)8-10-4-3-5-21-10/h3-5,9,11H,6-8H2,1-2H3,(H,15,18)(H,16,20)/t11-/m0/s1. The van der Waals surface area contributed by atoms with Gasteiger partial charge < -0.3 is 15.1 Å².